The number of carbonyl (C=O) groups excluding carboxylic acids is 1. The average Bonchev–Trinajstić information content (AvgIpc) is 2.93. The van der Waals surface area contributed by atoms with Crippen molar-refractivity contribution in [3.8, 4) is 0 Å². The predicted octanol–water partition coefficient (Wildman–Crippen LogP) is 6.41. The van der Waals surface area contributed by atoms with Crippen molar-refractivity contribution in [2.24, 2.45) is 0 Å². The van der Waals surface area contributed by atoms with E-state index in [4.69, 9.17) is 11.6 Å². The summed E-state index contributed by atoms with van der Waals surface area (Å²) in [5, 5.41) is 1.53. The van der Waals surface area contributed by atoms with Crippen molar-refractivity contribution in [2.45, 2.75) is 39.2 Å². The van der Waals surface area contributed by atoms with E-state index in [2.05, 4.69) is 39.0 Å². The van der Waals surface area contributed by atoms with Crippen LogP contribution in [0.1, 0.15) is 47.0 Å². The zero-order valence-corrected chi connectivity index (χ0v) is 16.1. The van der Waals surface area contributed by atoms with E-state index < -0.39 is 0 Å². The number of amides is 1. The van der Waals surface area contributed by atoms with Crippen molar-refractivity contribution in [1.29, 1.82) is 0 Å². The molecule has 0 bridgehead atoms. The fraction of sp³-hybridized carbons (Fsp3) is 0.286. The highest BCUT2D eigenvalue weighted by molar-refractivity contribution is 7.21. The number of hydrogen-bond acceptors (Lipinski definition) is 2. The number of thiophene rings is 1. The van der Waals surface area contributed by atoms with Gasteiger partial charge in [-0.05, 0) is 43.4 Å². The zero-order chi connectivity index (χ0) is 17.7. The Morgan fingerprint density at radius 2 is 1.92 bits per heavy atom. The maximum Gasteiger partial charge on any atom is 0.270 e. The number of aryl methyl sites for hydroxylation is 1. The van der Waals surface area contributed by atoms with E-state index in [0.29, 0.717) is 15.8 Å². The first-order valence-electron chi connectivity index (χ1n) is 8.59. The van der Waals surface area contributed by atoms with Crippen LogP contribution in [0.4, 0.5) is 5.69 Å². The van der Waals surface area contributed by atoms with Gasteiger partial charge in [-0.15, -0.1) is 11.3 Å². The minimum atomic E-state index is 0.0150. The molecule has 0 aliphatic carbocycles. The van der Waals surface area contributed by atoms with Gasteiger partial charge in [0.2, 0.25) is 0 Å². The Balaban J connectivity index is 1.87. The van der Waals surface area contributed by atoms with Crippen LogP contribution in [0, 0.1) is 6.92 Å². The van der Waals surface area contributed by atoms with E-state index in [0.717, 1.165) is 27.8 Å². The van der Waals surface area contributed by atoms with E-state index in [-0.39, 0.29) is 11.9 Å². The van der Waals surface area contributed by atoms with Crippen LogP contribution >= 0.6 is 22.9 Å². The van der Waals surface area contributed by atoms with Gasteiger partial charge in [-0.2, -0.15) is 0 Å². The lowest BCUT2D eigenvalue weighted by molar-refractivity contribution is 0.0978. The van der Waals surface area contributed by atoms with Crippen molar-refractivity contribution in [3.63, 3.8) is 0 Å². The molecule has 0 saturated carbocycles. The molecule has 0 fully saturated rings. The molecule has 0 spiro atoms. The van der Waals surface area contributed by atoms with Gasteiger partial charge >= 0.3 is 0 Å². The quantitative estimate of drug-likeness (QED) is 0.485. The number of carbonyl (C=O) groups is 1. The highest BCUT2D eigenvalue weighted by atomic mass is 35.5. The molecule has 2 aromatic carbocycles. The van der Waals surface area contributed by atoms with Crippen LogP contribution in [0.15, 0.2) is 42.5 Å². The largest absolute Gasteiger partial charge is 0.304 e. The van der Waals surface area contributed by atoms with Gasteiger partial charge in [0.15, 0.2) is 0 Å². The number of hydrogen-bond donors (Lipinski definition) is 0. The predicted molar refractivity (Wildman–Crippen MR) is 107 cm³/mol. The molecule has 1 aliphatic heterocycles. The third kappa shape index (κ3) is 2.57. The highest BCUT2D eigenvalue weighted by Gasteiger charge is 2.35. The molecule has 1 amide bonds. The summed E-state index contributed by atoms with van der Waals surface area (Å²) in [7, 11) is 0. The number of anilines is 1. The molecule has 0 N–H and O–H groups in total. The topological polar surface area (TPSA) is 20.3 Å². The van der Waals surface area contributed by atoms with Crippen LogP contribution in [-0.2, 0) is 0 Å². The van der Waals surface area contributed by atoms with Crippen LogP contribution < -0.4 is 4.90 Å². The second-order valence-electron chi connectivity index (χ2n) is 6.91. The monoisotopic (exact) mass is 369 g/mol. The molecule has 0 unspecified atom stereocenters. The molecule has 1 aliphatic rings. The van der Waals surface area contributed by atoms with E-state index >= 15 is 0 Å². The number of nitrogens with zero attached hydrogens (tertiary/aromatic N) is 1. The van der Waals surface area contributed by atoms with Gasteiger partial charge in [-0.3, -0.25) is 4.79 Å². The zero-order valence-electron chi connectivity index (χ0n) is 14.5. The van der Waals surface area contributed by atoms with Crippen LogP contribution in [0.5, 0.6) is 0 Å². The third-order valence-electron chi connectivity index (χ3n) is 5.12. The number of rotatable bonds is 1. The summed E-state index contributed by atoms with van der Waals surface area (Å²) in [6.07, 6.45) is 0.963. The fourth-order valence-electron chi connectivity index (χ4n) is 3.94. The molecule has 4 heteroatoms. The maximum atomic E-state index is 13.5. The molecular formula is C21H20ClNOS. The molecular weight excluding hydrogens is 350 g/mol. The Bertz CT molecular complexity index is 977. The molecule has 2 heterocycles. The number of benzene rings is 2. The Kier molecular flexibility index (Phi) is 4.09. The minimum absolute atomic E-state index is 0.0150. The van der Waals surface area contributed by atoms with Gasteiger partial charge < -0.3 is 4.90 Å². The number of halogens is 1. The number of fused-ring (bicyclic) bond motifs is 2. The smallest absolute Gasteiger partial charge is 0.270 e. The molecule has 25 heavy (non-hydrogen) atoms. The minimum Gasteiger partial charge on any atom is -0.304 e. The normalized spacial score (nSPS) is 19.9. The average molecular weight is 370 g/mol. The van der Waals surface area contributed by atoms with E-state index in [1.165, 1.54) is 16.9 Å². The Morgan fingerprint density at radius 1 is 1.16 bits per heavy atom. The van der Waals surface area contributed by atoms with Gasteiger partial charge in [0.1, 0.15) is 4.88 Å². The van der Waals surface area contributed by atoms with Crippen molar-refractivity contribution in [2.75, 3.05) is 4.90 Å². The van der Waals surface area contributed by atoms with Crippen molar-refractivity contribution in [1.82, 2.24) is 0 Å². The van der Waals surface area contributed by atoms with Crippen molar-refractivity contribution in [3.05, 3.63) is 63.5 Å². The molecule has 1 aromatic heterocycles. The summed E-state index contributed by atoms with van der Waals surface area (Å²) in [4.78, 5) is 16.1. The Labute approximate surface area is 157 Å². The summed E-state index contributed by atoms with van der Waals surface area (Å²) in [6, 6.07) is 14.4. The molecule has 2 nitrogen and oxygen atoms in total. The second kappa shape index (κ2) is 6.15. The molecule has 2 atom stereocenters. The lowest BCUT2D eigenvalue weighted by Crippen LogP contribution is -2.43. The molecule has 3 aromatic rings. The Morgan fingerprint density at radius 3 is 2.68 bits per heavy atom. The molecule has 0 radical (unpaired) electrons. The maximum absolute atomic E-state index is 13.5. The van der Waals surface area contributed by atoms with Gasteiger partial charge in [-0.25, -0.2) is 0 Å². The summed E-state index contributed by atoms with van der Waals surface area (Å²) in [5.41, 5.74) is 3.46. The van der Waals surface area contributed by atoms with Crippen molar-refractivity contribution >= 4 is 44.6 Å². The molecule has 4 rings (SSSR count). The highest BCUT2D eigenvalue weighted by Crippen LogP contribution is 2.43. The standard InChI is InChI=1S/C21H20ClNOS/c1-12-7-6-9-15-13(2)11-14(3)23(19(12)15)21(24)20-18(22)16-8-4-5-10-17(16)25-20/h4-10,13-14H,11H2,1-3H3/t13-,14-/m1/s1. The van der Waals surface area contributed by atoms with Gasteiger partial charge in [0.25, 0.3) is 5.91 Å². The summed E-state index contributed by atoms with van der Waals surface area (Å²) >= 11 is 8.06. The van der Waals surface area contributed by atoms with E-state index in [1.54, 1.807) is 0 Å². The summed E-state index contributed by atoms with van der Waals surface area (Å²) < 4.78 is 1.05. The van der Waals surface area contributed by atoms with Crippen LogP contribution in [0.3, 0.4) is 0 Å². The Hall–Kier alpha value is -1.84. The van der Waals surface area contributed by atoms with Crippen LogP contribution in [-0.4, -0.2) is 11.9 Å². The van der Waals surface area contributed by atoms with Gasteiger partial charge in [0.05, 0.1) is 10.7 Å². The fourth-order valence-corrected chi connectivity index (χ4v) is 5.38. The van der Waals surface area contributed by atoms with E-state index in [1.807, 2.05) is 29.2 Å². The third-order valence-corrected chi connectivity index (χ3v) is 6.79. The van der Waals surface area contributed by atoms with Gasteiger partial charge in [0, 0.05) is 16.1 Å². The summed E-state index contributed by atoms with van der Waals surface area (Å²) in [5.74, 6) is 0.466. The van der Waals surface area contributed by atoms with Crippen LogP contribution in [0.2, 0.25) is 5.02 Å². The second-order valence-corrected chi connectivity index (χ2v) is 8.35. The van der Waals surface area contributed by atoms with Crippen LogP contribution in [0.25, 0.3) is 10.1 Å². The first-order chi connectivity index (χ1) is 12.0. The first-order valence-corrected chi connectivity index (χ1v) is 9.78. The first kappa shape index (κ1) is 16.6. The van der Waals surface area contributed by atoms with Gasteiger partial charge in [-0.1, -0.05) is 54.9 Å². The number of para-hydroxylation sites is 1. The van der Waals surface area contributed by atoms with E-state index in [9.17, 15) is 4.79 Å². The molecule has 0 saturated heterocycles. The lowest BCUT2D eigenvalue weighted by Gasteiger charge is -2.39. The lowest BCUT2D eigenvalue weighted by atomic mass is 9.85. The SMILES string of the molecule is Cc1cccc2c1N(C(=O)c1sc3ccccc3c1Cl)[C@H](C)C[C@H]2C. The van der Waals surface area contributed by atoms with Crippen molar-refractivity contribution < 1.29 is 4.79 Å². The summed E-state index contributed by atoms with van der Waals surface area (Å²) in [6.45, 7) is 6.45. The molecule has 128 valence electrons.